The summed E-state index contributed by atoms with van der Waals surface area (Å²) >= 11 is 0. The molecule has 0 aliphatic rings. The first-order valence-electron chi connectivity index (χ1n) is 11.2. The lowest BCUT2D eigenvalue weighted by molar-refractivity contribution is 0.554. The van der Waals surface area contributed by atoms with Crippen LogP contribution in [0.3, 0.4) is 0 Å². The summed E-state index contributed by atoms with van der Waals surface area (Å²) in [6, 6.07) is 17.9. The predicted molar refractivity (Wildman–Crippen MR) is 134 cm³/mol. The van der Waals surface area contributed by atoms with E-state index in [0.29, 0.717) is 0 Å². The Morgan fingerprint density at radius 2 is 1.57 bits per heavy atom. The largest absolute Gasteiger partial charge is 0.0949 e. The molecule has 2 aromatic carbocycles. The van der Waals surface area contributed by atoms with E-state index >= 15 is 0 Å². The number of rotatable bonds is 7. The van der Waals surface area contributed by atoms with Crippen LogP contribution in [-0.2, 0) is 17.3 Å². The molecule has 0 unspecified atom stereocenters. The quantitative estimate of drug-likeness (QED) is 0.408. The number of benzene rings is 2. The summed E-state index contributed by atoms with van der Waals surface area (Å²) in [5.74, 6) is 0. The zero-order chi connectivity index (χ0) is 22.5. The average molecular weight is 401 g/mol. The van der Waals surface area contributed by atoms with Crippen molar-refractivity contribution < 1.29 is 0 Å². The van der Waals surface area contributed by atoms with E-state index in [1.807, 2.05) is 0 Å². The second kappa shape index (κ2) is 9.65. The van der Waals surface area contributed by atoms with Crippen molar-refractivity contribution in [3.05, 3.63) is 106 Å². The van der Waals surface area contributed by atoms with Crippen LogP contribution in [0.4, 0.5) is 0 Å². The van der Waals surface area contributed by atoms with Gasteiger partial charge in [-0.3, -0.25) is 0 Å². The lowest BCUT2D eigenvalue weighted by Crippen LogP contribution is -2.28. The van der Waals surface area contributed by atoms with Crippen LogP contribution in [0.15, 0.2) is 84.0 Å². The Morgan fingerprint density at radius 3 is 2.10 bits per heavy atom. The second-order valence-corrected chi connectivity index (χ2v) is 9.85. The normalized spacial score (nSPS) is 15.1. The molecule has 1 atom stereocenters. The molecule has 0 aliphatic carbocycles. The van der Waals surface area contributed by atoms with Crippen molar-refractivity contribution in [2.75, 3.05) is 0 Å². The topological polar surface area (TPSA) is 0 Å². The Kier molecular flexibility index (Phi) is 7.70. The summed E-state index contributed by atoms with van der Waals surface area (Å²) in [4.78, 5) is 0. The standard InChI is InChI=1S/C30H40/c1-10-23(4)26(11-2)19-24(5)30(9,21-25-15-13-12-14-16-25)28-18-22(3)17-27(20-28)29(6,7)8/h10,12-20H,5,11,21H2,1-4,6-9H3/b23-10-,26-19-/t30-/m0/s1. The molecule has 0 spiro atoms. The van der Waals surface area contributed by atoms with Crippen LogP contribution in [-0.4, -0.2) is 0 Å². The summed E-state index contributed by atoms with van der Waals surface area (Å²) in [5.41, 5.74) is 9.20. The van der Waals surface area contributed by atoms with Gasteiger partial charge in [0.25, 0.3) is 0 Å². The van der Waals surface area contributed by atoms with Crippen molar-refractivity contribution in [2.24, 2.45) is 0 Å². The van der Waals surface area contributed by atoms with E-state index in [-0.39, 0.29) is 10.8 Å². The fourth-order valence-electron chi connectivity index (χ4n) is 3.99. The summed E-state index contributed by atoms with van der Waals surface area (Å²) in [6.07, 6.45) is 6.47. The maximum atomic E-state index is 4.62. The van der Waals surface area contributed by atoms with Gasteiger partial charge in [-0.05, 0) is 66.9 Å². The third kappa shape index (κ3) is 5.63. The van der Waals surface area contributed by atoms with Crippen LogP contribution >= 0.6 is 0 Å². The van der Waals surface area contributed by atoms with E-state index in [4.69, 9.17) is 0 Å². The van der Waals surface area contributed by atoms with Crippen LogP contribution in [0, 0.1) is 6.92 Å². The molecule has 0 N–H and O–H groups in total. The van der Waals surface area contributed by atoms with Gasteiger partial charge in [0.2, 0.25) is 0 Å². The molecule has 2 aromatic rings. The molecule has 0 bridgehead atoms. The zero-order valence-corrected chi connectivity index (χ0v) is 20.4. The summed E-state index contributed by atoms with van der Waals surface area (Å²) < 4.78 is 0. The first-order chi connectivity index (χ1) is 14.0. The fourth-order valence-corrected chi connectivity index (χ4v) is 3.99. The number of allylic oxidation sites excluding steroid dienone is 5. The fraction of sp³-hybridized carbons (Fsp3) is 0.400. The van der Waals surface area contributed by atoms with E-state index in [1.54, 1.807) is 0 Å². The van der Waals surface area contributed by atoms with Crippen molar-refractivity contribution in [3.8, 4) is 0 Å². The molecular formula is C30H40. The first-order valence-corrected chi connectivity index (χ1v) is 11.2. The minimum Gasteiger partial charge on any atom is -0.0949 e. The Bertz CT molecular complexity index is 932. The van der Waals surface area contributed by atoms with Crippen LogP contribution < -0.4 is 0 Å². The lowest BCUT2D eigenvalue weighted by atomic mass is 9.69. The highest BCUT2D eigenvalue weighted by molar-refractivity contribution is 5.48. The molecular weight excluding hydrogens is 360 g/mol. The number of hydrogen-bond acceptors (Lipinski definition) is 0. The predicted octanol–water partition coefficient (Wildman–Crippen LogP) is 8.65. The minimum atomic E-state index is -0.179. The molecule has 30 heavy (non-hydrogen) atoms. The average Bonchev–Trinajstić information content (AvgIpc) is 2.70. The van der Waals surface area contributed by atoms with Crippen LogP contribution in [0.5, 0.6) is 0 Å². The van der Waals surface area contributed by atoms with Gasteiger partial charge in [-0.1, -0.05) is 113 Å². The van der Waals surface area contributed by atoms with Gasteiger partial charge in [0, 0.05) is 5.41 Å². The van der Waals surface area contributed by atoms with Gasteiger partial charge in [0.1, 0.15) is 0 Å². The van der Waals surface area contributed by atoms with E-state index in [9.17, 15) is 0 Å². The third-order valence-corrected chi connectivity index (χ3v) is 6.36. The maximum absolute atomic E-state index is 4.62. The van der Waals surface area contributed by atoms with E-state index in [2.05, 4.69) is 123 Å². The summed E-state index contributed by atoms with van der Waals surface area (Å²) in [5, 5.41) is 0. The smallest absolute Gasteiger partial charge is 0.0209 e. The molecule has 0 aromatic heterocycles. The molecule has 0 saturated heterocycles. The van der Waals surface area contributed by atoms with Gasteiger partial charge in [0.15, 0.2) is 0 Å². The molecule has 0 radical (unpaired) electrons. The first kappa shape index (κ1) is 23.9. The SMILES string of the molecule is C=C(/C=C(CC)\C(C)=C/C)[C@](C)(Cc1ccccc1)c1cc(C)cc(C(C)(C)C)c1. The van der Waals surface area contributed by atoms with E-state index in [1.165, 1.54) is 39.0 Å². The molecule has 160 valence electrons. The van der Waals surface area contributed by atoms with Crippen molar-refractivity contribution >= 4 is 0 Å². The highest BCUT2D eigenvalue weighted by atomic mass is 14.3. The van der Waals surface area contributed by atoms with Gasteiger partial charge in [0.05, 0.1) is 0 Å². The van der Waals surface area contributed by atoms with Gasteiger partial charge in [-0.15, -0.1) is 0 Å². The van der Waals surface area contributed by atoms with E-state index in [0.717, 1.165) is 12.8 Å². The van der Waals surface area contributed by atoms with Crippen molar-refractivity contribution in [1.82, 2.24) is 0 Å². The van der Waals surface area contributed by atoms with Crippen molar-refractivity contribution in [1.29, 1.82) is 0 Å². The summed E-state index contributed by atoms with van der Waals surface area (Å²) in [7, 11) is 0. The minimum absolute atomic E-state index is 0.113. The zero-order valence-electron chi connectivity index (χ0n) is 20.4. The molecule has 0 aliphatic heterocycles. The Morgan fingerprint density at radius 1 is 0.967 bits per heavy atom. The van der Waals surface area contributed by atoms with Crippen LogP contribution in [0.25, 0.3) is 0 Å². The Balaban J connectivity index is 2.67. The number of hydrogen-bond donors (Lipinski definition) is 0. The second-order valence-electron chi connectivity index (χ2n) is 9.85. The van der Waals surface area contributed by atoms with Crippen molar-refractivity contribution in [3.63, 3.8) is 0 Å². The van der Waals surface area contributed by atoms with Crippen LogP contribution in [0.2, 0.25) is 0 Å². The van der Waals surface area contributed by atoms with Gasteiger partial charge in [-0.25, -0.2) is 0 Å². The molecule has 0 heteroatoms. The Hall–Kier alpha value is -2.34. The molecule has 0 saturated carbocycles. The monoisotopic (exact) mass is 400 g/mol. The van der Waals surface area contributed by atoms with Gasteiger partial charge >= 0.3 is 0 Å². The third-order valence-electron chi connectivity index (χ3n) is 6.36. The number of aryl methyl sites for hydroxylation is 1. The highest BCUT2D eigenvalue weighted by Gasteiger charge is 2.31. The van der Waals surface area contributed by atoms with Crippen molar-refractivity contribution in [2.45, 2.75) is 79.1 Å². The lowest BCUT2D eigenvalue weighted by Gasteiger charge is -2.34. The molecule has 2 rings (SSSR count). The molecule has 0 nitrogen and oxygen atoms in total. The molecule has 0 heterocycles. The van der Waals surface area contributed by atoms with Crippen LogP contribution in [0.1, 0.15) is 77.1 Å². The van der Waals surface area contributed by atoms with E-state index < -0.39 is 0 Å². The van der Waals surface area contributed by atoms with Gasteiger partial charge < -0.3 is 0 Å². The summed E-state index contributed by atoms with van der Waals surface area (Å²) in [6.45, 7) is 22.6. The maximum Gasteiger partial charge on any atom is 0.0209 e. The Labute approximate surface area is 185 Å². The highest BCUT2D eigenvalue weighted by Crippen LogP contribution is 2.39. The molecule has 0 fully saturated rings. The molecule has 0 amide bonds. The van der Waals surface area contributed by atoms with Gasteiger partial charge in [-0.2, -0.15) is 0 Å².